The van der Waals surface area contributed by atoms with Gasteiger partial charge in [-0.05, 0) is 77.9 Å². The van der Waals surface area contributed by atoms with Crippen LogP contribution in [0.4, 0.5) is 0 Å². The van der Waals surface area contributed by atoms with E-state index in [0.29, 0.717) is 55.4 Å². The van der Waals surface area contributed by atoms with Crippen molar-refractivity contribution < 1.29 is 33.6 Å². The van der Waals surface area contributed by atoms with Gasteiger partial charge in [0, 0.05) is 26.4 Å². The van der Waals surface area contributed by atoms with E-state index in [1.165, 1.54) is 5.56 Å². The largest absolute Gasteiger partial charge is 0.493 e. The number of hydrogen-bond donors (Lipinski definition) is 3. The van der Waals surface area contributed by atoms with Crippen molar-refractivity contribution in [2.75, 3.05) is 33.9 Å². The highest BCUT2D eigenvalue weighted by Gasteiger charge is 2.25. The van der Waals surface area contributed by atoms with Crippen molar-refractivity contribution in [2.45, 2.75) is 38.6 Å². The number of carboxylic acids is 1. The average Bonchev–Trinajstić information content (AvgIpc) is 2.94. The minimum absolute atomic E-state index is 0.0156. The number of ether oxygens (including phenoxy) is 4. The highest BCUT2D eigenvalue weighted by molar-refractivity contribution is 5.76. The van der Waals surface area contributed by atoms with Crippen LogP contribution in [0.1, 0.15) is 48.1 Å². The molecule has 3 aliphatic rings. The van der Waals surface area contributed by atoms with E-state index >= 15 is 0 Å². The molecule has 0 radical (unpaired) electrons. The molecule has 3 aromatic rings. The predicted molar refractivity (Wildman–Crippen MR) is 151 cm³/mol. The first kappa shape index (κ1) is 28.8. The maximum atomic E-state index is 12.3. The van der Waals surface area contributed by atoms with Gasteiger partial charge in [-0.1, -0.05) is 18.2 Å². The van der Waals surface area contributed by atoms with Crippen LogP contribution in [-0.2, 0) is 22.4 Å². The Labute approximate surface area is 234 Å². The molecule has 3 aliphatic heterocycles. The normalized spacial score (nSPS) is 16.7. The standard InChI is InChI=1S/C29H32N2O5.C2H4O2/c1-33-24-9-8-21-17-26(24)35-14-4-12-30-28(32)10-7-19-5-3-6-22(15-19)36-27-16-20-11-13-31-29(21)23(20)18-25(27)34-2;1-2(3)4/h3,5-6,8-9,15-18,29,31H,4,7,10-14H2,1-2H3,(H,30,32);1H3,(H,3,4). The summed E-state index contributed by atoms with van der Waals surface area (Å²) in [7, 11) is 3.30. The van der Waals surface area contributed by atoms with Crippen LogP contribution in [0.15, 0.2) is 54.6 Å². The van der Waals surface area contributed by atoms with Crippen molar-refractivity contribution >= 4 is 11.9 Å². The van der Waals surface area contributed by atoms with E-state index in [1.807, 2.05) is 36.4 Å². The Kier molecular flexibility index (Phi) is 9.86. The third-order valence-corrected chi connectivity index (χ3v) is 6.67. The van der Waals surface area contributed by atoms with Crippen molar-refractivity contribution in [3.63, 3.8) is 0 Å². The number of amides is 1. The van der Waals surface area contributed by atoms with Gasteiger partial charge in [-0.15, -0.1) is 0 Å². The Morgan fingerprint density at radius 2 is 1.75 bits per heavy atom. The van der Waals surface area contributed by atoms with Gasteiger partial charge in [0.25, 0.3) is 5.97 Å². The number of rotatable bonds is 2. The highest BCUT2D eigenvalue weighted by atomic mass is 16.5. The lowest BCUT2D eigenvalue weighted by atomic mass is 9.89. The quantitative estimate of drug-likeness (QED) is 0.424. The Morgan fingerprint density at radius 3 is 2.52 bits per heavy atom. The van der Waals surface area contributed by atoms with E-state index in [9.17, 15) is 4.79 Å². The summed E-state index contributed by atoms with van der Waals surface area (Å²) in [5.74, 6) is 2.64. The SMILES string of the molecule is CC(=O)O.COc1ccc2cc1OCCCNC(=O)CCc1cccc(c1)Oc1cc3c(cc1OC)C2NCC3. The van der Waals surface area contributed by atoms with E-state index < -0.39 is 5.97 Å². The van der Waals surface area contributed by atoms with Crippen molar-refractivity contribution in [3.05, 3.63) is 76.9 Å². The summed E-state index contributed by atoms with van der Waals surface area (Å²) < 4.78 is 23.7. The fourth-order valence-electron chi connectivity index (χ4n) is 4.81. The second kappa shape index (κ2) is 13.7. The van der Waals surface area contributed by atoms with Gasteiger partial charge in [0.2, 0.25) is 5.91 Å². The number of hydrogen-bond acceptors (Lipinski definition) is 7. The average molecular weight is 549 g/mol. The molecule has 3 N–H and O–H groups in total. The molecule has 0 spiro atoms. The van der Waals surface area contributed by atoms with Crippen LogP contribution in [0.2, 0.25) is 0 Å². The van der Waals surface area contributed by atoms with Crippen LogP contribution in [0.25, 0.3) is 0 Å². The third kappa shape index (κ3) is 7.45. The Morgan fingerprint density at radius 1 is 0.950 bits per heavy atom. The fourth-order valence-corrected chi connectivity index (χ4v) is 4.81. The van der Waals surface area contributed by atoms with Crippen molar-refractivity contribution in [1.82, 2.24) is 10.6 Å². The lowest BCUT2D eigenvalue weighted by Gasteiger charge is -2.29. The maximum Gasteiger partial charge on any atom is 0.300 e. The minimum Gasteiger partial charge on any atom is -0.493 e. The van der Waals surface area contributed by atoms with E-state index in [2.05, 4.69) is 28.8 Å². The first-order chi connectivity index (χ1) is 19.4. The summed E-state index contributed by atoms with van der Waals surface area (Å²) in [5, 5.41) is 14.0. The van der Waals surface area contributed by atoms with Gasteiger partial charge in [-0.3, -0.25) is 9.59 Å². The molecule has 0 aromatic heterocycles. The smallest absolute Gasteiger partial charge is 0.300 e. The van der Waals surface area contributed by atoms with Crippen LogP contribution in [0.3, 0.4) is 0 Å². The summed E-state index contributed by atoms with van der Waals surface area (Å²) in [5.41, 5.74) is 4.51. The van der Waals surface area contributed by atoms with E-state index in [4.69, 9.17) is 28.8 Å². The van der Waals surface area contributed by atoms with Gasteiger partial charge in [-0.2, -0.15) is 0 Å². The molecule has 3 aromatic carbocycles. The van der Waals surface area contributed by atoms with Gasteiger partial charge < -0.3 is 34.7 Å². The number of methoxy groups -OCH3 is 2. The molecule has 1 unspecified atom stereocenters. The Hall–Kier alpha value is -4.24. The molecule has 1 amide bonds. The number of aliphatic carboxylic acids is 1. The number of nitrogens with one attached hydrogen (secondary N) is 2. The molecule has 6 rings (SSSR count). The molecule has 9 nitrogen and oxygen atoms in total. The number of carbonyl (C=O) groups excluding carboxylic acids is 1. The molecular formula is C31H36N2O7. The summed E-state index contributed by atoms with van der Waals surface area (Å²) in [6.07, 6.45) is 2.64. The zero-order valence-electron chi connectivity index (χ0n) is 23.1. The minimum atomic E-state index is -0.833. The van der Waals surface area contributed by atoms with Crippen molar-refractivity contribution in [2.24, 2.45) is 0 Å². The van der Waals surface area contributed by atoms with Crippen LogP contribution in [0.5, 0.6) is 28.7 Å². The molecule has 0 saturated heterocycles. The summed E-state index contributed by atoms with van der Waals surface area (Å²) >= 11 is 0. The van der Waals surface area contributed by atoms with Crippen LogP contribution in [-0.4, -0.2) is 50.9 Å². The van der Waals surface area contributed by atoms with Crippen LogP contribution < -0.4 is 29.6 Å². The molecular weight excluding hydrogens is 512 g/mol. The van der Waals surface area contributed by atoms with E-state index in [0.717, 1.165) is 42.3 Å². The molecule has 212 valence electrons. The second-order valence-electron chi connectivity index (χ2n) is 9.57. The number of carbonyl (C=O) groups is 2. The fraction of sp³-hybridized carbons (Fsp3) is 0.355. The molecule has 3 heterocycles. The molecule has 8 bridgehead atoms. The van der Waals surface area contributed by atoms with Crippen molar-refractivity contribution in [3.8, 4) is 28.7 Å². The van der Waals surface area contributed by atoms with Crippen molar-refractivity contribution in [1.29, 1.82) is 0 Å². The second-order valence-corrected chi connectivity index (χ2v) is 9.57. The summed E-state index contributed by atoms with van der Waals surface area (Å²) in [6.45, 7) is 2.97. The van der Waals surface area contributed by atoms with Gasteiger partial charge in [0.05, 0.1) is 26.9 Å². The van der Waals surface area contributed by atoms with E-state index in [-0.39, 0.29) is 11.9 Å². The number of aryl methyl sites for hydroxylation is 1. The zero-order chi connectivity index (χ0) is 28.5. The third-order valence-electron chi connectivity index (χ3n) is 6.67. The molecule has 9 heteroatoms. The zero-order valence-corrected chi connectivity index (χ0v) is 23.1. The number of carboxylic acid groups (broad SMARTS) is 1. The monoisotopic (exact) mass is 548 g/mol. The first-order valence-corrected chi connectivity index (χ1v) is 13.4. The molecule has 40 heavy (non-hydrogen) atoms. The lowest BCUT2D eigenvalue weighted by molar-refractivity contribution is -0.134. The summed E-state index contributed by atoms with van der Waals surface area (Å²) in [4.78, 5) is 21.3. The van der Waals surface area contributed by atoms with E-state index in [1.54, 1.807) is 14.2 Å². The van der Waals surface area contributed by atoms with Crippen LogP contribution >= 0.6 is 0 Å². The van der Waals surface area contributed by atoms with Gasteiger partial charge in [-0.25, -0.2) is 0 Å². The number of fused-ring (bicyclic) bond motifs is 8. The first-order valence-electron chi connectivity index (χ1n) is 13.4. The molecule has 0 fully saturated rings. The van der Waals surface area contributed by atoms with Crippen LogP contribution in [0, 0.1) is 0 Å². The predicted octanol–water partition coefficient (Wildman–Crippen LogP) is 4.65. The Balaban J connectivity index is 0.000000867. The molecule has 1 atom stereocenters. The van der Waals surface area contributed by atoms with Gasteiger partial charge in [0.1, 0.15) is 5.75 Å². The lowest BCUT2D eigenvalue weighted by Crippen LogP contribution is -2.30. The van der Waals surface area contributed by atoms with Gasteiger partial charge >= 0.3 is 0 Å². The highest BCUT2D eigenvalue weighted by Crippen LogP contribution is 2.41. The number of benzene rings is 3. The topological polar surface area (TPSA) is 115 Å². The van der Waals surface area contributed by atoms with Gasteiger partial charge in [0.15, 0.2) is 23.0 Å². The summed E-state index contributed by atoms with van der Waals surface area (Å²) in [6, 6.07) is 18.1. The molecule has 0 aliphatic carbocycles. The maximum absolute atomic E-state index is 12.3. The Bertz CT molecular complexity index is 1340. The molecule has 0 saturated carbocycles.